The van der Waals surface area contributed by atoms with Crippen molar-refractivity contribution in [3.63, 3.8) is 0 Å². The predicted octanol–water partition coefficient (Wildman–Crippen LogP) is 1.60. The average molecular weight is 280 g/mol. The highest BCUT2D eigenvalue weighted by molar-refractivity contribution is 5.78. The summed E-state index contributed by atoms with van der Waals surface area (Å²) in [5, 5.41) is 5.97. The number of hydrogen-bond acceptors (Lipinski definition) is 3. The van der Waals surface area contributed by atoms with Crippen molar-refractivity contribution in [3.8, 4) is 0 Å². The van der Waals surface area contributed by atoms with E-state index in [1.165, 1.54) is 12.1 Å². The molecule has 1 saturated heterocycles. The number of rotatable bonds is 6. The van der Waals surface area contributed by atoms with E-state index in [0.717, 1.165) is 25.0 Å². The molecule has 4 nitrogen and oxygen atoms in total. The first kappa shape index (κ1) is 14.9. The van der Waals surface area contributed by atoms with Crippen LogP contribution in [0.3, 0.4) is 0 Å². The largest absolute Gasteiger partial charge is 0.377 e. The van der Waals surface area contributed by atoms with Gasteiger partial charge >= 0.3 is 0 Å². The summed E-state index contributed by atoms with van der Waals surface area (Å²) in [7, 11) is 0. The highest BCUT2D eigenvalue weighted by Gasteiger charge is 2.22. The number of ether oxygens (including phenoxy) is 1. The number of hydrogen-bond donors (Lipinski definition) is 2. The van der Waals surface area contributed by atoms with Gasteiger partial charge in [0.05, 0.1) is 12.6 Å². The van der Waals surface area contributed by atoms with E-state index in [2.05, 4.69) is 10.6 Å². The number of amides is 1. The molecule has 1 aromatic rings. The lowest BCUT2D eigenvalue weighted by molar-refractivity contribution is -0.120. The fraction of sp³-hybridized carbons (Fsp3) is 0.533. The fourth-order valence-electron chi connectivity index (χ4n) is 2.25. The van der Waals surface area contributed by atoms with Gasteiger partial charge in [-0.3, -0.25) is 4.79 Å². The van der Waals surface area contributed by atoms with Crippen molar-refractivity contribution >= 4 is 5.91 Å². The van der Waals surface area contributed by atoms with Crippen molar-refractivity contribution in [3.05, 3.63) is 35.6 Å². The SMILES string of the molecule is C[C@@H](NCC(=O)NCc1ccc(F)cc1)[C@@H]1CCCO1. The van der Waals surface area contributed by atoms with Crippen LogP contribution in [0, 0.1) is 5.82 Å². The maximum atomic E-state index is 12.7. The van der Waals surface area contributed by atoms with Gasteiger partial charge in [0.2, 0.25) is 5.91 Å². The molecule has 0 saturated carbocycles. The molecule has 110 valence electrons. The summed E-state index contributed by atoms with van der Waals surface area (Å²) in [5.41, 5.74) is 0.881. The summed E-state index contributed by atoms with van der Waals surface area (Å²) in [4.78, 5) is 11.7. The van der Waals surface area contributed by atoms with Gasteiger partial charge in [-0.25, -0.2) is 4.39 Å². The van der Waals surface area contributed by atoms with E-state index in [0.29, 0.717) is 6.54 Å². The third kappa shape index (κ3) is 4.58. The highest BCUT2D eigenvalue weighted by Crippen LogP contribution is 2.15. The van der Waals surface area contributed by atoms with Gasteiger partial charge in [0.15, 0.2) is 0 Å². The van der Waals surface area contributed by atoms with Gasteiger partial charge in [0.25, 0.3) is 0 Å². The first-order valence-corrected chi connectivity index (χ1v) is 7.01. The first-order valence-electron chi connectivity index (χ1n) is 7.01. The Bertz CT molecular complexity index is 430. The van der Waals surface area contributed by atoms with Crippen LogP contribution in [0.25, 0.3) is 0 Å². The Balaban J connectivity index is 1.66. The second-order valence-electron chi connectivity index (χ2n) is 5.12. The van der Waals surface area contributed by atoms with Crippen LogP contribution in [-0.4, -0.2) is 31.2 Å². The van der Waals surface area contributed by atoms with E-state index in [-0.39, 0.29) is 30.4 Å². The minimum Gasteiger partial charge on any atom is -0.377 e. The van der Waals surface area contributed by atoms with E-state index in [1.54, 1.807) is 12.1 Å². The topological polar surface area (TPSA) is 50.4 Å². The molecule has 1 fully saturated rings. The molecule has 2 rings (SSSR count). The van der Waals surface area contributed by atoms with E-state index in [9.17, 15) is 9.18 Å². The Morgan fingerprint density at radius 1 is 1.45 bits per heavy atom. The fourth-order valence-corrected chi connectivity index (χ4v) is 2.25. The number of nitrogens with one attached hydrogen (secondary N) is 2. The van der Waals surface area contributed by atoms with Crippen molar-refractivity contribution in [2.24, 2.45) is 0 Å². The molecular formula is C15H21FN2O2. The minimum atomic E-state index is -0.271. The Morgan fingerprint density at radius 3 is 2.85 bits per heavy atom. The molecule has 20 heavy (non-hydrogen) atoms. The molecule has 0 aromatic heterocycles. The van der Waals surface area contributed by atoms with Crippen molar-refractivity contribution in [1.82, 2.24) is 10.6 Å². The van der Waals surface area contributed by atoms with E-state index >= 15 is 0 Å². The van der Waals surface area contributed by atoms with Crippen molar-refractivity contribution < 1.29 is 13.9 Å². The summed E-state index contributed by atoms with van der Waals surface area (Å²) in [6, 6.07) is 6.28. The number of benzene rings is 1. The lowest BCUT2D eigenvalue weighted by Crippen LogP contribution is -2.42. The molecule has 5 heteroatoms. The summed E-state index contributed by atoms with van der Waals surface area (Å²) >= 11 is 0. The van der Waals surface area contributed by atoms with Gasteiger partial charge < -0.3 is 15.4 Å². The minimum absolute atomic E-state index is 0.0702. The molecule has 0 spiro atoms. The lowest BCUT2D eigenvalue weighted by atomic mass is 10.1. The van der Waals surface area contributed by atoms with E-state index in [1.807, 2.05) is 6.92 Å². The van der Waals surface area contributed by atoms with Gasteiger partial charge in [0, 0.05) is 19.2 Å². The summed E-state index contributed by atoms with van der Waals surface area (Å²) in [5.74, 6) is -0.341. The Hall–Kier alpha value is -1.46. The molecule has 1 aliphatic heterocycles. The number of carbonyl (C=O) groups excluding carboxylic acids is 1. The van der Waals surface area contributed by atoms with Gasteiger partial charge in [-0.05, 0) is 37.5 Å². The Labute approximate surface area is 118 Å². The molecule has 2 N–H and O–H groups in total. The van der Waals surface area contributed by atoms with Gasteiger partial charge in [0.1, 0.15) is 5.82 Å². The quantitative estimate of drug-likeness (QED) is 0.832. The standard InChI is InChI=1S/C15H21FN2O2/c1-11(14-3-2-8-20-14)17-10-15(19)18-9-12-4-6-13(16)7-5-12/h4-7,11,14,17H,2-3,8-10H2,1H3,(H,18,19)/t11-,14+/m1/s1. The highest BCUT2D eigenvalue weighted by atomic mass is 19.1. The average Bonchev–Trinajstić information content (AvgIpc) is 2.98. The zero-order chi connectivity index (χ0) is 14.4. The van der Waals surface area contributed by atoms with E-state index in [4.69, 9.17) is 4.74 Å². The van der Waals surface area contributed by atoms with Gasteiger partial charge in [-0.2, -0.15) is 0 Å². The third-order valence-electron chi connectivity index (χ3n) is 3.51. The van der Waals surface area contributed by atoms with Crippen LogP contribution < -0.4 is 10.6 Å². The molecule has 1 aromatic carbocycles. The van der Waals surface area contributed by atoms with Crippen LogP contribution in [-0.2, 0) is 16.1 Å². The maximum absolute atomic E-state index is 12.7. The Kier molecular flexibility index (Phi) is 5.49. The Morgan fingerprint density at radius 2 is 2.20 bits per heavy atom. The van der Waals surface area contributed by atoms with Crippen LogP contribution in [0.2, 0.25) is 0 Å². The predicted molar refractivity (Wildman–Crippen MR) is 74.7 cm³/mol. The molecule has 1 aliphatic rings. The normalized spacial score (nSPS) is 19.8. The van der Waals surface area contributed by atoms with Crippen LogP contribution in [0.5, 0.6) is 0 Å². The number of carbonyl (C=O) groups is 1. The van der Waals surface area contributed by atoms with Crippen molar-refractivity contribution in [2.45, 2.75) is 38.5 Å². The second-order valence-corrected chi connectivity index (χ2v) is 5.12. The summed E-state index contributed by atoms with van der Waals surface area (Å²) in [6.07, 6.45) is 2.35. The molecule has 0 radical (unpaired) electrons. The molecular weight excluding hydrogens is 259 g/mol. The first-order chi connectivity index (χ1) is 9.65. The molecule has 0 aliphatic carbocycles. The van der Waals surface area contributed by atoms with Crippen LogP contribution in [0.15, 0.2) is 24.3 Å². The van der Waals surface area contributed by atoms with Crippen molar-refractivity contribution in [2.75, 3.05) is 13.2 Å². The molecule has 1 heterocycles. The zero-order valence-corrected chi connectivity index (χ0v) is 11.7. The van der Waals surface area contributed by atoms with Gasteiger partial charge in [-0.1, -0.05) is 12.1 Å². The maximum Gasteiger partial charge on any atom is 0.234 e. The lowest BCUT2D eigenvalue weighted by Gasteiger charge is -2.19. The van der Waals surface area contributed by atoms with Crippen LogP contribution in [0.4, 0.5) is 4.39 Å². The second kappa shape index (κ2) is 7.36. The summed E-state index contributed by atoms with van der Waals surface area (Å²) < 4.78 is 18.3. The van der Waals surface area contributed by atoms with E-state index < -0.39 is 0 Å². The summed E-state index contributed by atoms with van der Waals surface area (Å²) in [6.45, 7) is 3.52. The van der Waals surface area contributed by atoms with Gasteiger partial charge in [-0.15, -0.1) is 0 Å². The molecule has 2 atom stereocenters. The van der Waals surface area contributed by atoms with Crippen LogP contribution in [0.1, 0.15) is 25.3 Å². The number of halogens is 1. The smallest absolute Gasteiger partial charge is 0.234 e. The molecule has 0 unspecified atom stereocenters. The van der Waals surface area contributed by atoms with Crippen molar-refractivity contribution in [1.29, 1.82) is 0 Å². The van der Waals surface area contributed by atoms with Crippen LogP contribution >= 0.6 is 0 Å². The monoisotopic (exact) mass is 280 g/mol. The molecule has 0 bridgehead atoms. The third-order valence-corrected chi connectivity index (χ3v) is 3.51. The zero-order valence-electron chi connectivity index (χ0n) is 11.7. The molecule has 1 amide bonds.